The van der Waals surface area contributed by atoms with E-state index in [0.717, 1.165) is 0 Å². The summed E-state index contributed by atoms with van der Waals surface area (Å²) in [5.74, 6) is -0.385. The van der Waals surface area contributed by atoms with E-state index in [1.54, 1.807) is 0 Å². The fourth-order valence-electron chi connectivity index (χ4n) is 1.91. The van der Waals surface area contributed by atoms with Gasteiger partial charge in [0.05, 0.1) is 17.2 Å². The van der Waals surface area contributed by atoms with Crippen LogP contribution in [0.25, 0.3) is 0 Å². The van der Waals surface area contributed by atoms with Gasteiger partial charge >= 0.3 is 12.4 Å². The molecule has 1 aromatic carbocycles. The van der Waals surface area contributed by atoms with Crippen LogP contribution in [-0.4, -0.2) is 5.11 Å². The van der Waals surface area contributed by atoms with Crippen LogP contribution >= 0.6 is 0 Å². The number of benzene rings is 1. The number of hydrogen-bond acceptors (Lipinski definition) is 1. The molecule has 0 saturated heterocycles. The van der Waals surface area contributed by atoms with E-state index in [2.05, 4.69) is 0 Å². The largest absolute Gasteiger partial charge is 0.416 e. The lowest BCUT2D eigenvalue weighted by molar-refractivity contribution is -0.142. The van der Waals surface area contributed by atoms with Crippen molar-refractivity contribution in [3.63, 3.8) is 0 Å². The molecule has 0 aromatic heterocycles. The summed E-state index contributed by atoms with van der Waals surface area (Å²) < 4.78 is 75.7. The van der Waals surface area contributed by atoms with Crippen molar-refractivity contribution >= 4 is 0 Å². The molecule has 1 saturated carbocycles. The third-order valence-corrected chi connectivity index (χ3v) is 3.07. The Bertz CT molecular complexity index is 472. The molecule has 1 N–H and O–H groups in total. The summed E-state index contributed by atoms with van der Waals surface area (Å²) in [6, 6.07) is 1.15. The van der Waals surface area contributed by atoms with E-state index in [9.17, 15) is 31.4 Å². The molecule has 1 aliphatic rings. The predicted octanol–water partition coefficient (Wildman–Crippen LogP) is 4.17. The van der Waals surface area contributed by atoms with Gasteiger partial charge < -0.3 is 5.11 Å². The van der Waals surface area contributed by atoms with Crippen molar-refractivity contribution in [3.05, 3.63) is 34.9 Å². The minimum Gasteiger partial charge on any atom is -0.388 e. The molecule has 0 aliphatic heterocycles. The maximum Gasteiger partial charge on any atom is 0.416 e. The van der Waals surface area contributed by atoms with Gasteiger partial charge in [-0.25, -0.2) is 0 Å². The summed E-state index contributed by atoms with van der Waals surface area (Å²) in [6.07, 6.45) is -9.97. The Kier molecular flexibility index (Phi) is 3.28. The molecular weight excluding hydrogens is 274 g/mol. The summed E-state index contributed by atoms with van der Waals surface area (Å²) >= 11 is 0. The number of aliphatic hydroxyl groups is 1. The fraction of sp³-hybridized carbons (Fsp3) is 0.500. The van der Waals surface area contributed by atoms with Crippen molar-refractivity contribution in [3.8, 4) is 0 Å². The molecule has 0 radical (unpaired) electrons. The molecule has 19 heavy (non-hydrogen) atoms. The molecule has 1 aliphatic carbocycles. The molecule has 0 heterocycles. The van der Waals surface area contributed by atoms with Gasteiger partial charge in [0.15, 0.2) is 0 Å². The van der Waals surface area contributed by atoms with Gasteiger partial charge in [-0.05, 0) is 42.5 Å². The third-order valence-electron chi connectivity index (χ3n) is 3.07. The van der Waals surface area contributed by atoms with Gasteiger partial charge in [0, 0.05) is 0 Å². The molecule has 1 nitrogen and oxygen atoms in total. The van der Waals surface area contributed by atoms with E-state index in [1.807, 2.05) is 0 Å². The van der Waals surface area contributed by atoms with Gasteiger partial charge in [-0.2, -0.15) is 26.3 Å². The normalized spacial score (nSPS) is 18.5. The SMILES string of the molecule is OC(c1cc(C(F)(F)F)ccc1C(F)(F)F)C1CC1. The number of halogens is 6. The van der Waals surface area contributed by atoms with Crippen molar-refractivity contribution in [2.75, 3.05) is 0 Å². The molecule has 106 valence electrons. The van der Waals surface area contributed by atoms with Crippen LogP contribution < -0.4 is 0 Å². The van der Waals surface area contributed by atoms with Gasteiger partial charge in [-0.3, -0.25) is 0 Å². The monoisotopic (exact) mass is 284 g/mol. The van der Waals surface area contributed by atoms with Crippen molar-refractivity contribution in [2.24, 2.45) is 5.92 Å². The highest BCUT2D eigenvalue weighted by atomic mass is 19.4. The van der Waals surface area contributed by atoms with Gasteiger partial charge in [-0.15, -0.1) is 0 Å². The molecule has 1 atom stereocenters. The highest BCUT2D eigenvalue weighted by Crippen LogP contribution is 2.46. The Morgan fingerprint density at radius 1 is 1.00 bits per heavy atom. The Morgan fingerprint density at radius 3 is 2.00 bits per heavy atom. The maximum absolute atomic E-state index is 12.7. The highest BCUT2D eigenvalue weighted by molar-refractivity contribution is 5.37. The zero-order valence-electron chi connectivity index (χ0n) is 9.52. The molecule has 1 aromatic rings. The molecule has 0 amide bonds. The number of alkyl halides is 6. The Morgan fingerprint density at radius 2 is 1.58 bits per heavy atom. The van der Waals surface area contributed by atoms with Crippen LogP contribution in [0.4, 0.5) is 26.3 Å². The van der Waals surface area contributed by atoms with Gasteiger partial charge in [0.1, 0.15) is 0 Å². The molecule has 1 fully saturated rings. The van der Waals surface area contributed by atoms with Crippen LogP contribution in [0.1, 0.15) is 35.6 Å². The van der Waals surface area contributed by atoms with Crippen molar-refractivity contribution in [2.45, 2.75) is 31.3 Å². The van der Waals surface area contributed by atoms with E-state index >= 15 is 0 Å². The number of rotatable bonds is 2. The van der Waals surface area contributed by atoms with E-state index in [1.165, 1.54) is 0 Å². The topological polar surface area (TPSA) is 20.2 Å². The van der Waals surface area contributed by atoms with E-state index in [-0.39, 0.29) is 5.92 Å². The zero-order valence-corrected chi connectivity index (χ0v) is 9.52. The lowest BCUT2D eigenvalue weighted by atomic mass is 9.96. The summed E-state index contributed by atoms with van der Waals surface area (Å²) in [5, 5.41) is 9.73. The Balaban J connectivity index is 2.50. The van der Waals surface area contributed by atoms with Crippen LogP contribution in [0.15, 0.2) is 18.2 Å². The molecular formula is C12H10F6O. The molecule has 0 spiro atoms. The summed E-state index contributed by atoms with van der Waals surface area (Å²) in [5.41, 5.74) is -3.08. The molecule has 1 unspecified atom stereocenters. The zero-order chi connectivity index (χ0) is 14.4. The van der Waals surface area contributed by atoms with E-state index in [0.29, 0.717) is 31.0 Å². The first-order valence-corrected chi connectivity index (χ1v) is 5.57. The first-order chi connectivity index (χ1) is 8.60. The molecule has 0 bridgehead atoms. The first kappa shape index (κ1) is 14.2. The average molecular weight is 284 g/mol. The Hall–Kier alpha value is -1.24. The van der Waals surface area contributed by atoms with Gasteiger partial charge in [0.25, 0.3) is 0 Å². The lowest BCUT2D eigenvalue weighted by Gasteiger charge is -2.19. The van der Waals surface area contributed by atoms with Crippen molar-refractivity contribution < 1.29 is 31.4 Å². The first-order valence-electron chi connectivity index (χ1n) is 5.57. The summed E-state index contributed by atoms with van der Waals surface area (Å²) in [6.45, 7) is 0. The van der Waals surface area contributed by atoms with Crippen LogP contribution in [0.3, 0.4) is 0 Å². The van der Waals surface area contributed by atoms with Crippen LogP contribution in [0.2, 0.25) is 0 Å². The average Bonchev–Trinajstić information content (AvgIpc) is 3.08. The molecule has 7 heteroatoms. The maximum atomic E-state index is 12.7. The minimum absolute atomic E-state index is 0.379. The summed E-state index contributed by atoms with van der Waals surface area (Å²) in [4.78, 5) is 0. The smallest absolute Gasteiger partial charge is 0.388 e. The standard InChI is InChI=1S/C12H10F6O/c13-11(14,15)7-3-4-9(12(16,17)18)8(5-7)10(19)6-1-2-6/h3-6,10,19H,1-2H2. The van der Waals surface area contributed by atoms with Crippen molar-refractivity contribution in [1.29, 1.82) is 0 Å². The minimum atomic E-state index is -4.78. The second-order valence-corrected chi connectivity index (χ2v) is 4.58. The van der Waals surface area contributed by atoms with Gasteiger partial charge in [-0.1, -0.05) is 0 Å². The highest BCUT2D eigenvalue weighted by Gasteiger charge is 2.41. The van der Waals surface area contributed by atoms with E-state index < -0.39 is 35.1 Å². The van der Waals surface area contributed by atoms with Crippen molar-refractivity contribution in [1.82, 2.24) is 0 Å². The Labute approximate surface area is 104 Å². The van der Waals surface area contributed by atoms with Crippen LogP contribution in [0.5, 0.6) is 0 Å². The fourth-order valence-corrected chi connectivity index (χ4v) is 1.91. The van der Waals surface area contributed by atoms with Crippen LogP contribution in [-0.2, 0) is 12.4 Å². The van der Waals surface area contributed by atoms with E-state index in [4.69, 9.17) is 0 Å². The lowest BCUT2D eigenvalue weighted by Crippen LogP contribution is -2.15. The quantitative estimate of drug-likeness (QED) is 0.808. The second-order valence-electron chi connectivity index (χ2n) is 4.58. The number of aliphatic hydroxyl groups excluding tert-OH is 1. The third kappa shape index (κ3) is 3.02. The number of hydrogen-bond donors (Lipinski definition) is 1. The summed E-state index contributed by atoms with van der Waals surface area (Å²) in [7, 11) is 0. The second kappa shape index (κ2) is 4.40. The molecule has 2 rings (SSSR count). The predicted molar refractivity (Wildman–Crippen MR) is 54.1 cm³/mol. The van der Waals surface area contributed by atoms with Crippen LogP contribution in [0, 0.1) is 5.92 Å². The van der Waals surface area contributed by atoms with Gasteiger partial charge in [0.2, 0.25) is 0 Å².